The number of nitrogens with one attached hydrogen (secondary N) is 2. The fraction of sp³-hybridized carbons (Fsp3) is 0.0588. The molecule has 1 amide bonds. The van der Waals surface area contributed by atoms with E-state index in [2.05, 4.69) is 25.6 Å². The predicted octanol–water partition coefficient (Wildman–Crippen LogP) is 3.11. The smallest absolute Gasteiger partial charge is 0.274 e. The number of nitrogens with zero attached hydrogens (tertiary/aromatic N) is 3. The maximum absolute atomic E-state index is 14.1. The largest absolute Gasteiger partial charge is 0.357 e. The van der Waals surface area contributed by atoms with E-state index in [4.69, 9.17) is 0 Å². The predicted molar refractivity (Wildman–Crippen MR) is 89.1 cm³/mol. The second kappa shape index (κ2) is 7.00. The molecule has 3 aromatic rings. The van der Waals surface area contributed by atoms with Crippen molar-refractivity contribution in [2.24, 2.45) is 0 Å². The molecule has 126 valence electrons. The highest BCUT2D eigenvalue weighted by Crippen LogP contribution is 2.29. The molecule has 8 heteroatoms. The Morgan fingerprint density at radius 3 is 2.68 bits per heavy atom. The van der Waals surface area contributed by atoms with Gasteiger partial charge in [-0.25, -0.2) is 18.7 Å². The van der Waals surface area contributed by atoms with E-state index in [1.54, 1.807) is 7.05 Å². The Bertz CT molecular complexity index is 932. The number of benzene rings is 1. The van der Waals surface area contributed by atoms with Crippen molar-refractivity contribution in [2.75, 3.05) is 17.7 Å². The molecule has 0 saturated heterocycles. The lowest BCUT2D eigenvalue weighted by Gasteiger charge is -2.11. The van der Waals surface area contributed by atoms with Crippen molar-refractivity contribution in [1.82, 2.24) is 15.0 Å². The number of rotatable bonds is 4. The SMILES string of the molecule is CNc1nccc(C(=O)Nc2cnccc2-c2ccc(F)cc2F)n1. The van der Waals surface area contributed by atoms with Gasteiger partial charge < -0.3 is 10.6 Å². The van der Waals surface area contributed by atoms with Crippen LogP contribution in [0.1, 0.15) is 10.5 Å². The molecule has 2 aromatic heterocycles. The van der Waals surface area contributed by atoms with E-state index in [9.17, 15) is 13.6 Å². The summed E-state index contributed by atoms with van der Waals surface area (Å²) in [6, 6.07) is 6.22. The lowest BCUT2D eigenvalue weighted by Crippen LogP contribution is -2.15. The number of hydrogen-bond acceptors (Lipinski definition) is 5. The first-order chi connectivity index (χ1) is 12.1. The van der Waals surface area contributed by atoms with Crippen LogP contribution in [0.5, 0.6) is 0 Å². The molecule has 25 heavy (non-hydrogen) atoms. The highest BCUT2D eigenvalue weighted by Gasteiger charge is 2.15. The first kappa shape index (κ1) is 16.4. The van der Waals surface area contributed by atoms with Crippen LogP contribution in [0.15, 0.2) is 48.9 Å². The van der Waals surface area contributed by atoms with Gasteiger partial charge in [-0.1, -0.05) is 0 Å². The fourth-order valence-electron chi connectivity index (χ4n) is 2.23. The maximum atomic E-state index is 14.1. The lowest BCUT2D eigenvalue weighted by molar-refractivity contribution is 0.102. The molecule has 0 spiro atoms. The Kier molecular flexibility index (Phi) is 4.60. The van der Waals surface area contributed by atoms with Gasteiger partial charge in [-0.2, -0.15) is 0 Å². The van der Waals surface area contributed by atoms with E-state index in [0.29, 0.717) is 11.5 Å². The van der Waals surface area contributed by atoms with Crippen LogP contribution in [0.4, 0.5) is 20.4 Å². The summed E-state index contributed by atoms with van der Waals surface area (Å²) >= 11 is 0. The number of hydrogen-bond donors (Lipinski definition) is 2. The highest BCUT2D eigenvalue weighted by atomic mass is 19.1. The number of carbonyl (C=O) groups excluding carboxylic acids is 1. The van der Waals surface area contributed by atoms with E-state index in [-0.39, 0.29) is 16.9 Å². The Hall–Kier alpha value is -3.42. The second-order valence-corrected chi connectivity index (χ2v) is 5.02. The highest BCUT2D eigenvalue weighted by molar-refractivity contribution is 6.05. The van der Waals surface area contributed by atoms with Crippen LogP contribution in [0.25, 0.3) is 11.1 Å². The summed E-state index contributed by atoms with van der Waals surface area (Å²) in [5.74, 6) is -1.62. The van der Waals surface area contributed by atoms with Crippen LogP contribution in [0.3, 0.4) is 0 Å². The van der Waals surface area contributed by atoms with Crippen molar-refractivity contribution < 1.29 is 13.6 Å². The molecule has 0 radical (unpaired) electrons. The van der Waals surface area contributed by atoms with Crippen LogP contribution in [-0.4, -0.2) is 27.9 Å². The molecule has 1 aromatic carbocycles. The van der Waals surface area contributed by atoms with Crippen molar-refractivity contribution >= 4 is 17.5 Å². The molecular weight excluding hydrogens is 328 g/mol. The van der Waals surface area contributed by atoms with Gasteiger partial charge in [-0.05, 0) is 24.3 Å². The zero-order valence-corrected chi connectivity index (χ0v) is 13.1. The van der Waals surface area contributed by atoms with Crippen molar-refractivity contribution in [3.05, 3.63) is 66.3 Å². The molecular formula is C17H13F2N5O. The molecule has 0 bridgehead atoms. The number of aromatic nitrogens is 3. The van der Waals surface area contributed by atoms with Gasteiger partial charge >= 0.3 is 0 Å². The minimum Gasteiger partial charge on any atom is -0.357 e. The Balaban J connectivity index is 1.94. The molecule has 3 rings (SSSR count). The number of anilines is 2. The number of pyridine rings is 1. The summed E-state index contributed by atoms with van der Waals surface area (Å²) < 4.78 is 27.2. The standard InChI is InChI=1S/C17H13F2N5O/c1-20-17-22-7-5-14(24-17)16(25)23-15-9-21-6-4-12(15)11-3-2-10(18)8-13(11)19/h2-9H,1H3,(H,23,25)(H,20,22,24). The Morgan fingerprint density at radius 2 is 1.92 bits per heavy atom. The molecule has 0 aliphatic rings. The summed E-state index contributed by atoms with van der Waals surface area (Å²) in [6.07, 6.45) is 4.28. The van der Waals surface area contributed by atoms with Gasteiger partial charge in [0.25, 0.3) is 5.91 Å². The van der Waals surface area contributed by atoms with E-state index in [0.717, 1.165) is 12.1 Å². The maximum Gasteiger partial charge on any atom is 0.274 e. The molecule has 0 aliphatic heterocycles. The fourth-order valence-corrected chi connectivity index (χ4v) is 2.23. The quantitative estimate of drug-likeness (QED) is 0.762. The molecule has 0 unspecified atom stereocenters. The number of halogens is 2. The molecule has 0 atom stereocenters. The molecule has 0 fully saturated rings. The van der Waals surface area contributed by atoms with Gasteiger partial charge in [-0.3, -0.25) is 9.78 Å². The topological polar surface area (TPSA) is 79.8 Å². The minimum atomic E-state index is -0.735. The van der Waals surface area contributed by atoms with Crippen LogP contribution < -0.4 is 10.6 Å². The first-order valence-electron chi connectivity index (χ1n) is 7.30. The molecule has 2 N–H and O–H groups in total. The molecule has 2 heterocycles. The second-order valence-electron chi connectivity index (χ2n) is 5.02. The molecule has 0 aliphatic carbocycles. The third-order valence-electron chi connectivity index (χ3n) is 3.40. The molecule has 0 saturated carbocycles. The average Bonchev–Trinajstić information content (AvgIpc) is 2.62. The van der Waals surface area contributed by atoms with Crippen molar-refractivity contribution in [3.8, 4) is 11.1 Å². The van der Waals surface area contributed by atoms with Gasteiger partial charge in [0.15, 0.2) is 0 Å². The first-order valence-corrected chi connectivity index (χ1v) is 7.30. The van der Waals surface area contributed by atoms with Crippen molar-refractivity contribution in [2.45, 2.75) is 0 Å². The summed E-state index contributed by atoms with van der Waals surface area (Å²) in [5, 5.41) is 5.37. The summed E-state index contributed by atoms with van der Waals surface area (Å²) in [7, 11) is 1.63. The van der Waals surface area contributed by atoms with E-state index in [1.165, 1.54) is 36.8 Å². The van der Waals surface area contributed by atoms with Gasteiger partial charge in [-0.15, -0.1) is 0 Å². The van der Waals surface area contributed by atoms with Crippen LogP contribution in [0, 0.1) is 11.6 Å². The third kappa shape index (κ3) is 3.57. The van der Waals surface area contributed by atoms with Crippen molar-refractivity contribution in [1.29, 1.82) is 0 Å². The van der Waals surface area contributed by atoms with Crippen LogP contribution >= 0.6 is 0 Å². The van der Waals surface area contributed by atoms with Gasteiger partial charge in [0.1, 0.15) is 17.3 Å². The normalized spacial score (nSPS) is 10.4. The summed E-state index contributed by atoms with van der Waals surface area (Å²) in [4.78, 5) is 24.3. The summed E-state index contributed by atoms with van der Waals surface area (Å²) in [6.45, 7) is 0. The van der Waals surface area contributed by atoms with Crippen molar-refractivity contribution in [3.63, 3.8) is 0 Å². The lowest BCUT2D eigenvalue weighted by atomic mass is 10.0. The van der Waals surface area contributed by atoms with Gasteiger partial charge in [0, 0.05) is 36.6 Å². The zero-order valence-electron chi connectivity index (χ0n) is 13.1. The van der Waals surface area contributed by atoms with Gasteiger partial charge in [0.2, 0.25) is 5.95 Å². The van der Waals surface area contributed by atoms with Gasteiger partial charge in [0.05, 0.1) is 11.9 Å². The average molecular weight is 341 g/mol. The minimum absolute atomic E-state index is 0.133. The van der Waals surface area contributed by atoms with E-state index in [1.807, 2.05) is 0 Å². The van der Waals surface area contributed by atoms with E-state index < -0.39 is 17.5 Å². The monoisotopic (exact) mass is 341 g/mol. The zero-order chi connectivity index (χ0) is 17.8. The third-order valence-corrected chi connectivity index (χ3v) is 3.40. The summed E-state index contributed by atoms with van der Waals surface area (Å²) in [5.41, 5.74) is 0.942. The number of amides is 1. The van der Waals surface area contributed by atoms with Crippen LogP contribution in [-0.2, 0) is 0 Å². The Labute approximate surface area is 142 Å². The van der Waals surface area contributed by atoms with Crippen LogP contribution in [0.2, 0.25) is 0 Å². The number of carbonyl (C=O) groups is 1. The van der Waals surface area contributed by atoms with E-state index >= 15 is 0 Å². The molecule has 6 nitrogen and oxygen atoms in total. The Morgan fingerprint density at radius 1 is 1.08 bits per heavy atom.